The Morgan fingerprint density at radius 2 is 1.00 bits per heavy atom. The van der Waals surface area contributed by atoms with Crippen LogP contribution in [0.2, 0.25) is 0 Å². The van der Waals surface area contributed by atoms with Crippen molar-refractivity contribution in [2.45, 2.75) is 206 Å². The summed E-state index contributed by atoms with van der Waals surface area (Å²) >= 11 is 0. The van der Waals surface area contributed by atoms with E-state index in [-0.39, 0.29) is 18.9 Å². The van der Waals surface area contributed by atoms with Crippen LogP contribution in [0.25, 0.3) is 0 Å². The molecule has 0 rings (SSSR count). The van der Waals surface area contributed by atoms with Gasteiger partial charge in [-0.25, -0.2) is 0 Å². The highest BCUT2D eigenvalue weighted by Gasteiger charge is 2.23. The third-order valence-electron chi connectivity index (χ3n) is 10.6. The monoisotopic (exact) mass is 887 g/mol. The zero-order valence-corrected chi connectivity index (χ0v) is 41.4. The van der Waals surface area contributed by atoms with Crippen molar-refractivity contribution in [1.82, 2.24) is 5.32 Å². The molecule has 0 saturated carbocycles. The Morgan fingerprint density at radius 3 is 1.48 bits per heavy atom. The van der Waals surface area contributed by atoms with E-state index in [4.69, 9.17) is 9.05 Å². The SMILES string of the molecule is CC/C=C\C/C=C\C/C=C\C/C=C\CCC(=O)NC(COP(=O)([O-])OCC[N+](C)(C)C)C(O)/C=C/CC/C=C/CC/C=C/CCCCCCCCCCCCCCCCCCC. The molecule has 0 fully saturated rings. The Kier molecular flexibility index (Phi) is 42.3. The van der Waals surface area contributed by atoms with Gasteiger partial charge in [-0.05, 0) is 70.6 Å². The highest BCUT2D eigenvalue weighted by atomic mass is 31.2. The molecule has 0 heterocycles. The van der Waals surface area contributed by atoms with Crippen molar-refractivity contribution in [1.29, 1.82) is 0 Å². The molecule has 0 aromatic heterocycles. The van der Waals surface area contributed by atoms with Crippen LogP contribution in [0.5, 0.6) is 0 Å². The van der Waals surface area contributed by atoms with E-state index in [0.29, 0.717) is 23.9 Å². The number of likely N-dealkylation sites (N-methyl/N-ethyl adjacent to an activating group) is 1. The minimum Gasteiger partial charge on any atom is -0.756 e. The summed E-state index contributed by atoms with van der Waals surface area (Å²) in [5.41, 5.74) is 0. The fourth-order valence-electron chi connectivity index (χ4n) is 6.67. The molecular formula is C53H95N2O6P. The molecule has 1 amide bonds. The molecule has 3 atom stereocenters. The fraction of sp³-hybridized carbons (Fsp3) is 0.717. The summed E-state index contributed by atoms with van der Waals surface area (Å²) in [6.45, 7) is 4.43. The van der Waals surface area contributed by atoms with Crippen LogP contribution in [0, 0.1) is 0 Å². The van der Waals surface area contributed by atoms with E-state index >= 15 is 0 Å². The van der Waals surface area contributed by atoms with Gasteiger partial charge >= 0.3 is 0 Å². The van der Waals surface area contributed by atoms with Gasteiger partial charge in [-0.2, -0.15) is 0 Å². The van der Waals surface area contributed by atoms with E-state index in [9.17, 15) is 19.4 Å². The number of nitrogens with zero attached hydrogens (tertiary/aromatic N) is 1. The van der Waals surface area contributed by atoms with Crippen molar-refractivity contribution in [3.8, 4) is 0 Å². The number of nitrogens with one attached hydrogen (secondary N) is 1. The highest BCUT2D eigenvalue weighted by Crippen LogP contribution is 2.38. The maximum absolute atomic E-state index is 12.8. The highest BCUT2D eigenvalue weighted by molar-refractivity contribution is 7.45. The molecular weight excluding hydrogens is 792 g/mol. The number of aliphatic hydroxyl groups excluding tert-OH is 1. The van der Waals surface area contributed by atoms with E-state index in [1.807, 2.05) is 39.4 Å². The number of aliphatic hydroxyl groups is 1. The summed E-state index contributed by atoms with van der Waals surface area (Å²) in [6, 6.07) is -0.952. The first-order valence-electron chi connectivity index (χ1n) is 24.9. The van der Waals surface area contributed by atoms with E-state index in [2.05, 4.69) is 79.9 Å². The van der Waals surface area contributed by atoms with Gasteiger partial charge in [-0.3, -0.25) is 9.36 Å². The molecule has 0 aliphatic carbocycles. The van der Waals surface area contributed by atoms with Gasteiger partial charge in [0, 0.05) is 6.42 Å². The van der Waals surface area contributed by atoms with Gasteiger partial charge < -0.3 is 28.8 Å². The van der Waals surface area contributed by atoms with E-state index < -0.39 is 26.6 Å². The second-order valence-corrected chi connectivity index (χ2v) is 19.2. The summed E-state index contributed by atoms with van der Waals surface area (Å²) in [5.74, 6) is -0.294. The molecule has 0 bridgehead atoms. The number of carbonyl (C=O) groups is 1. The van der Waals surface area contributed by atoms with Crippen LogP contribution in [0.3, 0.4) is 0 Å². The van der Waals surface area contributed by atoms with Crippen molar-refractivity contribution < 1.29 is 32.9 Å². The van der Waals surface area contributed by atoms with Crippen LogP contribution < -0.4 is 10.2 Å². The maximum Gasteiger partial charge on any atom is 0.268 e. The molecule has 0 spiro atoms. The number of phosphoric ester groups is 1. The van der Waals surface area contributed by atoms with Gasteiger partial charge in [-0.15, -0.1) is 0 Å². The second kappa shape index (κ2) is 43.9. The van der Waals surface area contributed by atoms with Gasteiger partial charge in [0.05, 0.1) is 39.9 Å². The number of quaternary nitrogens is 1. The number of hydrogen-bond acceptors (Lipinski definition) is 6. The lowest BCUT2D eigenvalue weighted by Gasteiger charge is -2.29. The van der Waals surface area contributed by atoms with Gasteiger partial charge in [0.1, 0.15) is 13.2 Å². The van der Waals surface area contributed by atoms with Crippen molar-refractivity contribution in [2.24, 2.45) is 0 Å². The first-order chi connectivity index (χ1) is 30.0. The minimum absolute atomic E-state index is 0.0257. The lowest BCUT2D eigenvalue weighted by Crippen LogP contribution is -2.45. The summed E-state index contributed by atoms with van der Waals surface area (Å²) < 4.78 is 23.2. The average Bonchev–Trinajstić information content (AvgIpc) is 3.23. The van der Waals surface area contributed by atoms with Crippen LogP contribution in [0.1, 0.15) is 194 Å². The fourth-order valence-corrected chi connectivity index (χ4v) is 7.39. The van der Waals surface area contributed by atoms with E-state index in [0.717, 1.165) is 44.9 Å². The quantitative estimate of drug-likeness (QED) is 0.0273. The molecule has 2 N–H and O–H groups in total. The van der Waals surface area contributed by atoms with Gasteiger partial charge in [0.25, 0.3) is 7.82 Å². The van der Waals surface area contributed by atoms with Crippen LogP contribution in [-0.4, -0.2) is 68.5 Å². The lowest BCUT2D eigenvalue weighted by atomic mass is 10.0. The number of carbonyl (C=O) groups excluding carboxylic acids is 1. The Hall–Kier alpha value is -2.32. The van der Waals surface area contributed by atoms with Crippen molar-refractivity contribution in [2.75, 3.05) is 40.9 Å². The van der Waals surface area contributed by atoms with Gasteiger partial charge in [0.15, 0.2) is 0 Å². The minimum atomic E-state index is -4.62. The predicted octanol–water partition coefficient (Wildman–Crippen LogP) is 13.9. The molecule has 3 unspecified atom stereocenters. The van der Waals surface area contributed by atoms with Crippen molar-refractivity contribution in [3.63, 3.8) is 0 Å². The Labute approximate surface area is 382 Å². The lowest BCUT2D eigenvalue weighted by molar-refractivity contribution is -0.870. The normalized spacial score (nSPS) is 14.9. The molecule has 358 valence electrons. The van der Waals surface area contributed by atoms with E-state index in [1.54, 1.807) is 6.08 Å². The number of hydrogen-bond donors (Lipinski definition) is 2. The van der Waals surface area contributed by atoms with Crippen molar-refractivity contribution in [3.05, 3.63) is 85.1 Å². The van der Waals surface area contributed by atoms with Gasteiger partial charge in [-0.1, -0.05) is 202 Å². The number of rotatable bonds is 44. The summed E-state index contributed by atoms with van der Waals surface area (Å²) in [4.78, 5) is 25.3. The van der Waals surface area contributed by atoms with Crippen LogP contribution in [0.15, 0.2) is 85.1 Å². The molecule has 0 saturated heterocycles. The molecule has 0 aromatic carbocycles. The number of phosphoric acid groups is 1. The standard InChI is InChI=1S/C53H95N2O6P/c1-6-8-10-12-14-16-18-20-21-22-23-24-25-26-27-28-29-30-31-32-33-35-36-38-40-42-44-46-52(56)51(50-61-62(58,59)60-49-48-55(3,4)5)54-53(57)47-45-43-41-39-37-34-19-17-15-13-11-9-7-2/h9,11,15,17,31-32,34,36-38,41,43-44,46,51-52,56H,6-8,10,12-14,16,18-30,33,35,39-40,42,45,47-50H2,1-5H3,(H-,54,57,58,59)/b11-9-,17-15-,32-31+,37-34-,38-36+,43-41-,46-44+. The molecule has 9 heteroatoms. The molecule has 0 aliphatic heterocycles. The first-order valence-corrected chi connectivity index (χ1v) is 26.4. The van der Waals surface area contributed by atoms with Crippen LogP contribution in [-0.2, 0) is 18.4 Å². The smallest absolute Gasteiger partial charge is 0.268 e. The first kappa shape index (κ1) is 59.7. The van der Waals surface area contributed by atoms with Crippen LogP contribution >= 0.6 is 7.82 Å². The third kappa shape index (κ3) is 45.7. The Bertz CT molecular complexity index is 1280. The van der Waals surface area contributed by atoms with Crippen molar-refractivity contribution >= 4 is 13.7 Å². The molecule has 0 radical (unpaired) electrons. The molecule has 62 heavy (non-hydrogen) atoms. The summed E-state index contributed by atoms with van der Waals surface area (Å²) in [7, 11) is 1.18. The zero-order valence-electron chi connectivity index (χ0n) is 40.5. The average molecular weight is 887 g/mol. The maximum atomic E-state index is 12.8. The second-order valence-electron chi connectivity index (χ2n) is 17.8. The number of allylic oxidation sites excluding steroid dienone is 13. The largest absolute Gasteiger partial charge is 0.756 e. The topological polar surface area (TPSA) is 108 Å². The zero-order chi connectivity index (χ0) is 45.7. The van der Waals surface area contributed by atoms with Gasteiger partial charge in [0.2, 0.25) is 5.91 Å². The molecule has 0 aromatic rings. The van der Waals surface area contributed by atoms with E-state index in [1.165, 1.54) is 116 Å². The summed E-state index contributed by atoms with van der Waals surface area (Å²) in [6.07, 6.45) is 61.1. The number of amides is 1. The predicted molar refractivity (Wildman–Crippen MR) is 265 cm³/mol. The molecule has 0 aliphatic rings. The number of unbranched alkanes of at least 4 members (excludes halogenated alkanes) is 19. The Balaban J connectivity index is 4.38. The summed E-state index contributed by atoms with van der Waals surface area (Å²) in [5, 5.41) is 13.7. The van der Waals surface area contributed by atoms with Crippen LogP contribution in [0.4, 0.5) is 0 Å². The Morgan fingerprint density at radius 1 is 0.581 bits per heavy atom. The molecule has 8 nitrogen and oxygen atoms in total. The third-order valence-corrected chi connectivity index (χ3v) is 11.5.